The Hall–Kier alpha value is -2.61. The summed E-state index contributed by atoms with van der Waals surface area (Å²) in [5, 5.41) is 4.09. The number of nitrogens with zero attached hydrogens (tertiary/aromatic N) is 2. The number of carbonyl (C=O) groups is 1. The van der Waals surface area contributed by atoms with Crippen molar-refractivity contribution in [1.29, 1.82) is 0 Å². The number of rotatable bonds is 7. The van der Waals surface area contributed by atoms with Crippen LogP contribution in [0.4, 0.5) is 0 Å². The number of H-pyrrole nitrogens is 1. The van der Waals surface area contributed by atoms with Gasteiger partial charge in [-0.1, -0.05) is 65.8 Å². The quantitative estimate of drug-likeness (QED) is 0.422. The third-order valence-corrected chi connectivity index (χ3v) is 6.24. The number of amides is 1. The summed E-state index contributed by atoms with van der Waals surface area (Å²) >= 11 is 7.20. The van der Waals surface area contributed by atoms with Gasteiger partial charge in [-0.2, -0.15) is 0 Å². The lowest BCUT2D eigenvalue weighted by molar-refractivity contribution is -0.118. The van der Waals surface area contributed by atoms with Crippen molar-refractivity contribution in [3.05, 3.63) is 92.4 Å². The predicted molar refractivity (Wildman–Crippen MR) is 123 cm³/mol. The molecule has 1 aliphatic heterocycles. The first-order chi connectivity index (χ1) is 15.1. The number of thioether (sulfide) groups is 1. The Morgan fingerprint density at radius 1 is 1.13 bits per heavy atom. The largest absolute Gasteiger partial charge is 0.351 e. The van der Waals surface area contributed by atoms with Crippen molar-refractivity contribution in [2.75, 3.05) is 12.3 Å². The van der Waals surface area contributed by atoms with Gasteiger partial charge in [0.15, 0.2) is 5.16 Å². The summed E-state index contributed by atoms with van der Waals surface area (Å²) in [4.78, 5) is 34.4. The van der Waals surface area contributed by atoms with Crippen LogP contribution in [0.15, 0.2) is 64.5 Å². The number of aromatic amines is 1. The van der Waals surface area contributed by atoms with Crippen LogP contribution in [0.25, 0.3) is 0 Å². The smallest absolute Gasteiger partial charge is 0.256 e. The lowest BCUT2D eigenvalue weighted by Crippen LogP contribution is -2.35. The highest BCUT2D eigenvalue weighted by Crippen LogP contribution is 2.20. The third-order valence-electron chi connectivity index (χ3n) is 5.12. The minimum absolute atomic E-state index is 0.0941. The molecule has 8 heteroatoms. The number of aromatic nitrogens is 2. The number of carbonyl (C=O) groups excluding carboxylic acids is 1. The van der Waals surface area contributed by atoms with Crippen LogP contribution in [-0.2, 0) is 30.8 Å². The van der Waals surface area contributed by atoms with Crippen LogP contribution in [0, 0.1) is 0 Å². The molecular formula is C23H23ClN4O2S. The molecule has 3 aromatic rings. The molecule has 2 N–H and O–H groups in total. The highest BCUT2D eigenvalue weighted by atomic mass is 35.5. The monoisotopic (exact) mass is 454 g/mol. The molecule has 0 saturated heterocycles. The van der Waals surface area contributed by atoms with E-state index in [1.165, 1.54) is 11.8 Å². The Balaban J connectivity index is 1.32. The zero-order valence-corrected chi connectivity index (χ0v) is 18.5. The normalized spacial score (nSPS) is 13.6. The van der Waals surface area contributed by atoms with Crippen molar-refractivity contribution in [3.63, 3.8) is 0 Å². The van der Waals surface area contributed by atoms with Gasteiger partial charge in [-0.3, -0.25) is 14.5 Å². The standard InChI is InChI=1S/C23H23ClN4O2S/c24-18-8-6-17(7-9-18)13-28-11-10-20-19(14-28)22(30)27-23(26-20)31-15-21(29)25-12-16-4-2-1-3-5-16/h1-9H,10-15H2,(H,25,29)(H,26,27,30). The van der Waals surface area contributed by atoms with E-state index < -0.39 is 0 Å². The topological polar surface area (TPSA) is 78.1 Å². The second-order valence-corrected chi connectivity index (χ2v) is 8.83. The Kier molecular flexibility index (Phi) is 7.06. The van der Waals surface area contributed by atoms with Crippen molar-refractivity contribution in [3.8, 4) is 0 Å². The van der Waals surface area contributed by atoms with E-state index in [0.29, 0.717) is 35.3 Å². The minimum atomic E-state index is -0.127. The Bertz CT molecular complexity index is 1100. The maximum atomic E-state index is 12.6. The molecule has 0 aliphatic carbocycles. The van der Waals surface area contributed by atoms with E-state index in [9.17, 15) is 9.59 Å². The summed E-state index contributed by atoms with van der Waals surface area (Å²) in [6.07, 6.45) is 0.709. The minimum Gasteiger partial charge on any atom is -0.351 e. The number of hydrogen-bond donors (Lipinski definition) is 2. The van der Waals surface area contributed by atoms with Crippen molar-refractivity contribution in [1.82, 2.24) is 20.2 Å². The molecule has 31 heavy (non-hydrogen) atoms. The van der Waals surface area contributed by atoms with Gasteiger partial charge >= 0.3 is 0 Å². The van der Waals surface area contributed by atoms with Crippen LogP contribution < -0.4 is 10.9 Å². The highest BCUT2D eigenvalue weighted by molar-refractivity contribution is 7.99. The molecule has 1 aromatic heterocycles. The fourth-order valence-electron chi connectivity index (χ4n) is 3.49. The first-order valence-corrected chi connectivity index (χ1v) is 11.5. The van der Waals surface area contributed by atoms with E-state index in [-0.39, 0.29) is 17.2 Å². The molecule has 1 aliphatic rings. The molecule has 0 saturated carbocycles. The summed E-state index contributed by atoms with van der Waals surface area (Å²) in [5.41, 5.74) is 3.61. The summed E-state index contributed by atoms with van der Waals surface area (Å²) < 4.78 is 0. The Morgan fingerprint density at radius 2 is 1.90 bits per heavy atom. The van der Waals surface area contributed by atoms with E-state index in [0.717, 1.165) is 29.9 Å². The van der Waals surface area contributed by atoms with Crippen molar-refractivity contribution in [2.24, 2.45) is 0 Å². The summed E-state index contributed by atoms with van der Waals surface area (Å²) in [6.45, 7) is 2.63. The molecule has 0 atom stereocenters. The molecule has 0 unspecified atom stereocenters. The number of benzene rings is 2. The first-order valence-electron chi connectivity index (χ1n) is 10.1. The average Bonchev–Trinajstić information content (AvgIpc) is 2.79. The van der Waals surface area contributed by atoms with Gasteiger partial charge in [-0.25, -0.2) is 4.98 Å². The van der Waals surface area contributed by atoms with Gasteiger partial charge in [-0.05, 0) is 23.3 Å². The average molecular weight is 455 g/mol. The van der Waals surface area contributed by atoms with Crippen LogP contribution in [-0.4, -0.2) is 33.1 Å². The van der Waals surface area contributed by atoms with E-state index >= 15 is 0 Å². The van der Waals surface area contributed by atoms with Gasteiger partial charge in [0.25, 0.3) is 5.56 Å². The number of fused-ring (bicyclic) bond motifs is 1. The zero-order valence-electron chi connectivity index (χ0n) is 16.9. The molecule has 6 nitrogen and oxygen atoms in total. The Morgan fingerprint density at radius 3 is 2.68 bits per heavy atom. The lowest BCUT2D eigenvalue weighted by atomic mass is 10.1. The van der Waals surface area contributed by atoms with Gasteiger partial charge in [0, 0.05) is 37.6 Å². The first kappa shape index (κ1) is 21.6. The van der Waals surface area contributed by atoms with Crippen molar-refractivity contribution >= 4 is 29.3 Å². The van der Waals surface area contributed by atoms with Crippen LogP contribution in [0.2, 0.25) is 5.02 Å². The molecule has 0 fully saturated rings. The lowest BCUT2D eigenvalue weighted by Gasteiger charge is -2.27. The highest BCUT2D eigenvalue weighted by Gasteiger charge is 2.21. The summed E-state index contributed by atoms with van der Waals surface area (Å²) in [6, 6.07) is 17.5. The SMILES string of the molecule is O=C(CSc1nc2c(c(=O)[nH]1)CN(Cc1ccc(Cl)cc1)CC2)NCc1ccccc1. The van der Waals surface area contributed by atoms with Gasteiger partial charge in [0.05, 0.1) is 17.0 Å². The van der Waals surface area contributed by atoms with Gasteiger partial charge in [0.1, 0.15) is 0 Å². The number of nitrogens with one attached hydrogen (secondary N) is 2. The van der Waals surface area contributed by atoms with E-state index in [2.05, 4.69) is 20.2 Å². The van der Waals surface area contributed by atoms with Crippen molar-refractivity contribution in [2.45, 2.75) is 31.2 Å². The van der Waals surface area contributed by atoms with E-state index in [1.807, 2.05) is 54.6 Å². The van der Waals surface area contributed by atoms with Crippen LogP contribution in [0.3, 0.4) is 0 Å². The molecule has 1 amide bonds. The van der Waals surface area contributed by atoms with E-state index in [4.69, 9.17) is 11.6 Å². The second-order valence-electron chi connectivity index (χ2n) is 7.43. The van der Waals surface area contributed by atoms with Crippen LogP contribution in [0.5, 0.6) is 0 Å². The molecule has 160 valence electrons. The summed E-state index contributed by atoms with van der Waals surface area (Å²) in [7, 11) is 0. The number of hydrogen-bond acceptors (Lipinski definition) is 5. The maximum Gasteiger partial charge on any atom is 0.256 e. The Labute approximate surface area is 190 Å². The third kappa shape index (κ3) is 5.97. The van der Waals surface area contributed by atoms with Crippen LogP contribution in [0.1, 0.15) is 22.4 Å². The zero-order chi connectivity index (χ0) is 21.6. The second kappa shape index (κ2) is 10.1. The molecule has 4 rings (SSSR count). The molecule has 0 radical (unpaired) electrons. The number of halogens is 1. The van der Waals surface area contributed by atoms with Gasteiger partial charge in [-0.15, -0.1) is 0 Å². The van der Waals surface area contributed by atoms with Gasteiger partial charge in [0.2, 0.25) is 5.91 Å². The molecule has 2 aromatic carbocycles. The molecule has 0 spiro atoms. The fourth-order valence-corrected chi connectivity index (χ4v) is 4.33. The van der Waals surface area contributed by atoms with E-state index in [1.54, 1.807) is 0 Å². The molecular weight excluding hydrogens is 432 g/mol. The fraction of sp³-hybridized carbons (Fsp3) is 0.261. The van der Waals surface area contributed by atoms with Gasteiger partial charge < -0.3 is 10.3 Å². The maximum absolute atomic E-state index is 12.6. The van der Waals surface area contributed by atoms with Crippen LogP contribution >= 0.6 is 23.4 Å². The molecule has 0 bridgehead atoms. The predicted octanol–water partition coefficient (Wildman–Crippen LogP) is 3.39. The summed E-state index contributed by atoms with van der Waals surface area (Å²) in [5.74, 6) is 0.111. The van der Waals surface area contributed by atoms with Crippen molar-refractivity contribution < 1.29 is 4.79 Å². The molecule has 2 heterocycles.